The van der Waals surface area contributed by atoms with Crippen LogP contribution in [0.4, 0.5) is 10.5 Å². The number of hydrogen-bond donors (Lipinski definition) is 4. The second kappa shape index (κ2) is 5.38. The van der Waals surface area contributed by atoms with Gasteiger partial charge < -0.3 is 11.1 Å². The van der Waals surface area contributed by atoms with E-state index in [0.29, 0.717) is 4.47 Å². The number of urea groups is 1. The maximum absolute atomic E-state index is 11.2. The van der Waals surface area contributed by atoms with Crippen molar-refractivity contribution in [1.82, 2.24) is 5.32 Å². The monoisotopic (exact) mass is 324 g/mol. The molecule has 8 heteroatoms. The minimum atomic E-state index is -0.682. The molecule has 0 saturated carbocycles. The van der Waals surface area contributed by atoms with E-state index in [0.717, 1.165) is 0 Å². The summed E-state index contributed by atoms with van der Waals surface area (Å²) in [5.74, 6) is -0.471. The van der Waals surface area contributed by atoms with E-state index in [1.165, 1.54) is 0 Å². The van der Waals surface area contributed by atoms with E-state index in [1.807, 2.05) is 5.32 Å². The summed E-state index contributed by atoms with van der Waals surface area (Å²) in [4.78, 5) is 11.2. The van der Waals surface area contributed by atoms with Gasteiger partial charge in [-0.3, -0.25) is 10.7 Å². The van der Waals surface area contributed by atoms with Crippen molar-refractivity contribution in [1.29, 1.82) is 5.41 Å². The first kappa shape index (κ1) is 13.1. The topological polar surface area (TPSA) is 91.0 Å². The van der Waals surface area contributed by atoms with Gasteiger partial charge in [-0.25, -0.2) is 4.79 Å². The molecule has 0 aliphatic heterocycles. The highest BCUT2D eigenvalue weighted by Gasteiger charge is 2.11. The van der Waals surface area contributed by atoms with E-state index in [2.05, 4.69) is 21.2 Å². The highest BCUT2D eigenvalue weighted by molar-refractivity contribution is 9.10. The summed E-state index contributed by atoms with van der Waals surface area (Å²) in [6, 6.07) is 2.48. The third kappa shape index (κ3) is 3.55. The van der Waals surface area contributed by atoms with Crippen molar-refractivity contribution >= 4 is 56.8 Å². The number of guanidine groups is 1. The first-order valence-corrected chi connectivity index (χ1v) is 5.51. The molecule has 0 unspecified atom stereocenters. The standard InChI is InChI=1S/C8H7BrCl2N4O/c9-3-1-4(10)6(5(11)2-3)14-8(16)15-7(12)13/h1-2H,(H5,12,13,14,15,16). The van der Waals surface area contributed by atoms with Crippen molar-refractivity contribution in [2.45, 2.75) is 0 Å². The molecule has 1 aromatic rings. The number of anilines is 1. The number of hydrogen-bond acceptors (Lipinski definition) is 2. The van der Waals surface area contributed by atoms with E-state index in [4.69, 9.17) is 34.3 Å². The Labute approximate surface area is 110 Å². The Hall–Kier alpha value is -0.980. The summed E-state index contributed by atoms with van der Waals surface area (Å²) in [7, 11) is 0. The molecule has 0 aliphatic carbocycles. The largest absolute Gasteiger partial charge is 0.370 e. The lowest BCUT2D eigenvalue weighted by molar-refractivity contribution is 0.256. The molecule has 0 fully saturated rings. The SMILES string of the molecule is N=C(N)NC(=O)Nc1c(Cl)cc(Br)cc1Cl. The molecule has 0 radical (unpaired) electrons. The molecule has 0 aliphatic rings. The van der Waals surface area contributed by atoms with Crippen molar-refractivity contribution < 1.29 is 4.79 Å². The number of halogens is 3. The second-order valence-corrected chi connectivity index (χ2v) is 4.47. The zero-order valence-corrected chi connectivity index (χ0v) is 10.9. The van der Waals surface area contributed by atoms with Crippen molar-refractivity contribution in [2.24, 2.45) is 5.73 Å². The lowest BCUT2D eigenvalue weighted by Gasteiger charge is -2.10. The lowest BCUT2D eigenvalue weighted by Crippen LogP contribution is -2.38. The third-order valence-corrected chi connectivity index (χ3v) is 2.55. The fourth-order valence-corrected chi connectivity index (χ4v) is 2.23. The van der Waals surface area contributed by atoms with E-state index in [9.17, 15) is 4.79 Å². The Morgan fingerprint density at radius 3 is 2.31 bits per heavy atom. The molecule has 0 atom stereocenters. The molecule has 5 nitrogen and oxygen atoms in total. The molecule has 2 amide bonds. The molecule has 1 aromatic carbocycles. The molecular formula is C8H7BrCl2N4O. The normalized spacial score (nSPS) is 9.69. The van der Waals surface area contributed by atoms with Crippen LogP contribution in [0, 0.1) is 5.41 Å². The second-order valence-electron chi connectivity index (χ2n) is 2.74. The van der Waals surface area contributed by atoms with Crippen molar-refractivity contribution in [2.75, 3.05) is 5.32 Å². The Bertz CT molecular complexity index is 429. The number of nitrogens with two attached hydrogens (primary N) is 1. The Morgan fingerprint density at radius 2 is 1.88 bits per heavy atom. The quantitative estimate of drug-likeness (QED) is 0.472. The maximum Gasteiger partial charge on any atom is 0.326 e. The highest BCUT2D eigenvalue weighted by atomic mass is 79.9. The minimum Gasteiger partial charge on any atom is -0.370 e. The van der Waals surface area contributed by atoms with Gasteiger partial charge in [-0.05, 0) is 12.1 Å². The van der Waals surface area contributed by atoms with Gasteiger partial charge in [0.1, 0.15) is 0 Å². The van der Waals surface area contributed by atoms with Crippen molar-refractivity contribution in [3.63, 3.8) is 0 Å². The number of carbonyl (C=O) groups excluding carboxylic acids is 1. The molecular weight excluding hydrogens is 319 g/mol. The average Bonchev–Trinajstić information content (AvgIpc) is 2.09. The van der Waals surface area contributed by atoms with Gasteiger partial charge in [0.2, 0.25) is 0 Å². The van der Waals surface area contributed by atoms with Crippen LogP contribution < -0.4 is 16.4 Å². The summed E-state index contributed by atoms with van der Waals surface area (Å²) in [5, 5.41) is 11.8. The smallest absolute Gasteiger partial charge is 0.326 e. The van der Waals surface area contributed by atoms with E-state index in [-0.39, 0.29) is 15.7 Å². The van der Waals surface area contributed by atoms with Gasteiger partial charge in [0, 0.05) is 4.47 Å². The van der Waals surface area contributed by atoms with Crippen LogP contribution in [0.2, 0.25) is 10.0 Å². The first-order valence-electron chi connectivity index (χ1n) is 3.96. The minimum absolute atomic E-state index is 0.255. The molecule has 0 spiro atoms. The molecule has 0 bridgehead atoms. The summed E-state index contributed by atoms with van der Waals surface area (Å²) in [6.07, 6.45) is 0. The molecule has 0 aromatic heterocycles. The fourth-order valence-electron chi connectivity index (χ4n) is 0.929. The van der Waals surface area contributed by atoms with Gasteiger partial charge in [-0.2, -0.15) is 0 Å². The van der Waals surface area contributed by atoms with E-state index < -0.39 is 12.0 Å². The van der Waals surface area contributed by atoms with Crippen LogP contribution in [0.3, 0.4) is 0 Å². The van der Waals surface area contributed by atoms with Crippen LogP contribution in [0.5, 0.6) is 0 Å². The summed E-state index contributed by atoms with van der Waals surface area (Å²) in [6.45, 7) is 0. The van der Waals surface area contributed by atoms with Crippen LogP contribution in [0.1, 0.15) is 0 Å². The fraction of sp³-hybridized carbons (Fsp3) is 0. The molecule has 0 heterocycles. The Morgan fingerprint density at radius 1 is 1.38 bits per heavy atom. The van der Waals surface area contributed by atoms with Crippen molar-refractivity contribution in [3.05, 3.63) is 26.7 Å². The first-order chi connectivity index (χ1) is 7.40. The van der Waals surface area contributed by atoms with Crippen LogP contribution in [0.25, 0.3) is 0 Å². The molecule has 16 heavy (non-hydrogen) atoms. The Kier molecular flexibility index (Phi) is 4.40. The number of rotatable bonds is 1. The third-order valence-electron chi connectivity index (χ3n) is 1.49. The Balaban J connectivity index is 2.89. The van der Waals surface area contributed by atoms with Crippen LogP contribution >= 0.6 is 39.1 Å². The van der Waals surface area contributed by atoms with Gasteiger partial charge in [0.15, 0.2) is 5.96 Å². The lowest BCUT2D eigenvalue weighted by atomic mass is 10.3. The number of nitrogens with one attached hydrogen (secondary N) is 3. The van der Waals surface area contributed by atoms with Gasteiger partial charge in [-0.1, -0.05) is 39.1 Å². The maximum atomic E-state index is 11.2. The van der Waals surface area contributed by atoms with Crippen molar-refractivity contribution in [3.8, 4) is 0 Å². The summed E-state index contributed by atoms with van der Waals surface area (Å²) in [5.41, 5.74) is 5.24. The van der Waals surface area contributed by atoms with Gasteiger partial charge in [0.25, 0.3) is 0 Å². The van der Waals surface area contributed by atoms with Crippen LogP contribution in [-0.4, -0.2) is 12.0 Å². The zero-order chi connectivity index (χ0) is 12.3. The van der Waals surface area contributed by atoms with E-state index >= 15 is 0 Å². The summed E-state index contributed by atoms with van der Waals surface area (Å²) >= 11 is 14.9. The van der Waals surface area contributed by atoms with Gasteiger partial charge in [0.05, 0.1) is 15.7 Å². The average molecular weight is 326 g/mol. The molecule has 5 N–H and O–H groups in total. The van der Waals surface area contributed by atoms with E-state index in [1.54, 1.807) is 12.1 Å². The molecule has 1 rings (SSSR count). The number of amides is 2. The van der Waals surface area contributed by atoms with Gasteiger partial charge >= 0.3 is 6.03 Å². The summed E-state index contributed by atoms with van der Waals surface area (Å²) < 4.78 is 0.694. The number of carbonyl (C=O) groups is 1. The number of benzene rings is 1. The molecule has 0 saturated heterocycles. The predicted molar refractivity (Wildman–Crippen MR) is 68.2 cm³/mol. The highest BCUT2D eigenvalue weighted by Crippen LogP contribution is 2.33. The molecule has 86 valence electrons. The van der Waals surface area contributed by atoms with Gasteiger partial charge in [-0.15, -0.1) is 0 Å². The van der Waals surface area contributed by atoms with Crippen LogP contribution in [-0.2, 0) is 0 Å². The predicted octanol–water partition coefficient (Wildman–Crippen LogP) is 2.77. The zero-order valence-electron chi connectivity index (χ0n) is 7.77. The van der Waals surface area contributed by atoms with Crippen LogP contribution in [0.15, 0.2) is 16.6 Å².